The predicted octanol–water partition coefficient (Wildman–Crippen LogP) is 4.72. The molecule has 0 spiro atoms. The summed E-state index contributed by atoms with van der Waals surface area (Å²) in [5, 5.41) is 14.4. The second-order valence-electron chi connectivity index (χ2n) is 7.55. The molecule has 2 heterocycles. The summed E-state index contributed by atoms with van der Waals surface area (Å²) in [5.41, 5.74) is 0.0413. The Balaban J connectivity index is 0.00000193. The highest BCUT2D eigenvalue weighted by molar-refractivity contribution is 8.93. The monoisotopic (exact) mass is 621 g/mol. The van der Waals surface area contributed by atoms with Gasteiger partial charge in [0.05, 0.1) is 34.9 Å². The normalized spacial score (nSPS) is 17.7. The van der Waals surface area contributed by atoms with Crippen molar-refractivity contribution in [2.24, 2.45) is 0 Å². The number of fused-ring (bicyclic) bond motifs is 1. The van der Waals surface area contributed by atoms with Gasteiger partial charge in [0.25, 0.3) is 5.56 Å². The van der Waals surface area contributed by atoms with Crippen LogP contribution in [0.25, 0.3) is 10.9 Å². The number of hydrogen-bond donors (Lipinski definition) is 2. The molecule has 11 heteroatoms. The number of halogens is 4. The van der Waals surface area contributed by atoms with Gasteiger partial charge in [-0.15, -0.1) is 34.0 Å². The van der Waals surface area contributed by atoms with E-state index in [9.17, 15) is 14.7 Å². The Hall–Kier alpha value is -1.49. The summed E-state index contributed by atoms with van der Waals surface area (Å²) in [5.74, 6) is 0.658. The maximum Gasteiger partial charge on any atom is 0.261 e. The van der Waals surface area contributed by atoms with E-state index < -0.39 is 6.10 Å². The van der Waals surface area contributed by atoms with Crippen molar-refractivity contribution in [2.75, 3.05) is 6.54 Å². The summed E-state index contributed by atoms with van der Waals surface area (Å²) < 4.78 is 7.05. The number of aliphatic hydroxyl groups excluding tert-OH is 1. The lowest BCUT2D eigenvalue weighted by molar-refractivity contribution is -0.121. The molecule has 178 valence electrons. The van der Waals surface area contributed by atoms with E-state index in [0.29, 0.717) is 38.9 Å². The van der Waals surface area contributed by atoms with Crippen molar-refractivity contribution in [3.63, 3.8) is 0 Å². The second kappa shape index (κ2) is 12.3. The number of aliphatic hydroxyl groups is 1. The molecule has 0 aliphatic carbocycles. The lowest BCUT2D eigenvalue weighted by atomic mass is 9.97. The van der Waals surface area contributed by atoms with E-state index in [2.05, 4.69) is 10.3 Å². The fourth-order valence-electron chi connectivity index (χ4n) is 3.62. The molecule has 7 nitrogen and oxygen atoms in total. The van der Waals surface area contributed by atoms with Crippen LogP contribution in [0, 0.1) is 0 Å². The number of aromatic nitrogens is 2. The first kappa shape index (κ1) is 27.8. The number of hydrogen-bond acceptors (Lipinski definition) is 6. The van der Waals surface area contributed by atoms with Gasteiger partial charge in [-0.3, -0.25) is 14.2 Å². The molecule has 1 aliphatic heterocycles. The van der Waals surface area contributed by atoms with Gasteiger partial charge in [-0.2, -0.15) is 0 Å². The molecule has 2 N–H and O–H groups in total. The summed E-state index contributed by atoms with van der Waals surface area (Å²) >= 11 is 12.2. The standard InChI is InChI=1S/C22H21Cl2N3O4.2BrH/c23-13-3-5-15(6-4-13)31-21-9-16-18(10-17(21)24)26-12-27(22(16)30)11-14(28)8-19-20(29)2-1-7-25-19;;/h3-6,9-10,12,19-20,25,29H,1-2,7-8,11H2;2*1H/t19-,20+;;/m1../s1. The number of ketones is 1. The van der Waals surface area contributed by atoms with E-state index >= 15 is 0 Å². The van der Waals surface area contributed by atoms with Crippen molar-refractivity contribution >= 4 is 73.9 Å². The quantitative estimate of drug-likeness (QED) is 0.413. The lowest BCUT2D eigenvalue weighted by Gasteiger charge is -2.28. The fraction of sp³-hybridized carbons (Fsp3) is 0.318. The van der Waals surface area contributed by atoms with Gasteiger partial charge in [0, 0.05) is 17.5 Å². The van der Waals surface area contributed by atoms with Crippen LogP contribution in [0.15, 0.2) is 47.5 Å². The number of Topliss-reactive ketones (excluding diaryl/α,β-unsaturated/α-hetero) is 1. The minimum atomic E-state index is -0.557. The number of benzene rings is 2. The van der Waals surface area contributed by atoms with Crippen LogP contribution in [0.2, 0.25) is 10.0 Å². The number of carbonyl (C=O) groups is 1. The third kappa shape index (κ3) is 6.77. The first-order chi connectivity index (χ1) is 14.9. The van der Waals surface area contributed by atoms with Crippen LogP contribution in [0.4, 0.5) is 0 Å². The van der Waals surface area contributed by atoms with Crippen LogP contribution in [-0.2, 0) is 11.3 Å². The van der Waals surface area contributed by atoms with E-state index in [1.807, 2.05) is 0 Å². The second-order valence-corrected chi connectivity index (χ2v) is 8.39. The Bertz CT molecular complexity index is 1170. The molecular weight excluding hydrogens is 601 g/mol. The van der Waals surface area contributed by atoms with Gasteiger partial charge in [-0.05, 0) is 55.8 Å². The number of nitrogens with one attached hydrogen (secondary N) is 1. The third-order valence-corrected chi connectivity index (χ3v) is 5.81. The van der Waals surface area contributed by atoms with Gasteiger partial charge in [-0.25, -0.2) is 4.98 Å². The van der Waals surface area contributed by atoms with Crippen LogP contribution in [0.5, 0.6) is 11.5 Å². The fourth-order valence-corrected chi connectivity index (χ4v) is 3.95. The van der Waals surface area contributed by atoms with Gasteiger partial charge in [0.15, 0.2) is 5.78 Å². The third-order valence-electron chi connectivity index (χ3n) is 5.26. The highest BCUT2D eigenvalue weighted by Crippen LogP contribution is 2.32. The molecule has 4 rings (SSSR count). The van der Waals surface area contributed by atoms with Crippen LogP contribution in [-0.4, -0.2) is 39.1 Å². The Morgan fingerprint density at radius 2 is 1.94 bits per heavy atom. The highest BCUT2D eigenvalue weighted by atomic mass is 79.9. The number of piperidine rings is 1. The zero-order valence-corrected chi connectivity index (χ0v) is 22.3. The Morgan fingerprint density at radius 3 is 2.64 bits per heavy atom. The van der Waals surface area contributed by atoms with Crippen molar-refractivity contribution < 1.29 is 14.6 Å². The average Bonchev–Trinajstić information content (AvgIpc) is 2.74. The van der Waals surface area contributed by atoms with Gasteiger partial charge in [-0.1, -0.05) is 23.2 Å². The molecule has 1 aromatic heterocycles. The highest BCUT2D eigenvalue weighted by Gasteiger charge is 2.25. The number of rotatable bonds is 6. The van der Waals surface area contributed by atoms with Crippen molar-refractivity contribution in [3.8, 4) is 11.5 Å². The van der Waals surface area contributed by atoms with Crippen molar-refractivity contribution in [1.29, 1.82) is 0 Å². The first-order valence-electron chi connectivity index (χ1n) is 9.96. The molecule has 0 bridgehead atoms. The van der Waals surface area contributed by atoms with Crippen molar-refractivity contribution in [1.82, 2.24) is 14.9 Å². The molecule has 2 atom stereocenters. The van der Waals surface area contributed by atoms with E-state index in [1.54, 1.807) is 30.3 Å². The lowest BCUT2D eigenvalue weighted by Crippen LogP contribution is -2.46. The Morgan fingerprint density at radius 1 is 1.21 bits per heavy atom. The maximum absolute atomic E-state index is 13.0. The molecular formula is C22H23Br2Cl2N3O4. The van der Waals surface area contributed by atoms with Crippen molar-refractivity contribution in [3.05, 3.63) is 63.1 Å². The molecule has 33 heavy (non-hydrogen) atoms. The first-order valence-corrected chi connectivity index (χ1v) is 10.7. The SMILES string of the molecule is Br.Br.O=C(C[C@H]1NCCC[C@@H]1O)Cn1cnc2cc(Cl)c(Oc3ccc(Cl)cc3)cc2c1=O. The van der Waals surface area contributed by atoms with Gasteiger partial charge >= 0.3 is 0 Å². The van der Waals surface area contributed by atoms with Crippen LogP contribution in [0.1, 0.15) is 19.3 Å². The Labute approximate surface area is 221 Å². The Kier molecular flexibility index (Phi) is 10.3. The van der Waals surface area contributed by atoms with Crippen LogP contribution >= 0.6 is 57.2 Å². The molecule has 0 radical (unpaired) electrons. The molecule has 3 aromatic rings. The maximum atomic E-state index is 13.0. The summed E-state index contributed by atoms with van der Waals surface area (Å²) in [7, 11) is 0. The molecule has 2 aromatic carbocycles. The molecule has 1 saturated heterocycles. The van der Waals surface area contributed by atoms with Crippen LogP contribution < -0.4 is 15.6 Å². The molecule has 0 unspecified atom stereocenters. The number of carbonyl (C=O) groups excluding carboxylic acids is 1. The minimum absolute atomic E-state index is 0. The van der Waals surface area contributed by atoms with Gasteiger partial charge in [0.2, 0.25) is 0 Å². The average molecular weight is 624 g/mol. The van der Waals surface area contributed by atoms with Gasteiger partial charge < -0.3 is 15.2 Å². The van der Waals surface area contributed by atoms with Crippen LogP contribution in [0.3, 0.4) is 0 Å². The number of ether oxygens (including phenoxy) is 1. The topological polar surface area (TPSA) is 93.5 Å². The smallest absolute Gasteiger partial charge is 0.261 e. The summed E-state index contributed by atoms with van der Waals surface area (Å²) in [6, 6.07) is 9.54. The molecule has 1 aliphatic rings. The zero-order chi connectivity index (χ0) is 22.0. The number of nitrogens with zero attached hydrogens (tertiary/aromatic N) is 2. The summed E-state index contributed by atoms with van der Waals surface area (Å²) in [4.78, 5) is 29.7. The van der Waals surface area contributed by atoms with E-state index in [-0.39, 0.29) is 64.3 Å². The summed E-state index contributed by atoms with van der Waals surface area (Å²) in [6.07, 6.45) is 2.47. The molecule has 0 saturated carbocycles. The minimum Gasteiger partial charge on any atom is -0.456 e. The van der Waals surface area contributed by atoms with E-state index in [0.717, 1.165) is 13.0 Å². The largest absolute Gasteiger partial charge is 0.456 e. The molecule has 0 amide bonds. The zero-order valence-electron chi connectivity index (χ0n) is 17.4. The van der Waals surface area contributed by atoms with E-state index in [1.165, 1.54) is 17.0 Å². The predicted molar refractivity (Wildman–Crippen MR) is 140 cm³/mol. The van der Waals surface area contributed by atoms with Gasteiger partial charge in [0.1, 0.15) is 11.5 Å². The molecule has 1 fully saturated rings. The van der Waals surface area contributed by atoms with E-state index in [4.69, 9.17) is 27.9 Å². The van der Waals surface area contributed by atoms with Crippen molar-refractivity contribution in [2.45, 2.75) is 38.0 Å². The summed E-state index contributed by atoms with van der Waals surface area (Å²) in [6.45, 7) is 0.645.